The van der Waals surface area contributed by atoms with E-state index in [0.717, 1.165) is 19.3 Å². The Morgan fingerprint density at radius 3 is 2.61 bits per heavy atom. The van der Waals surface area contributed by atoms with Crippen LogP contribution in [-0.2, 0) is 14.3 Å². The number of hydrogen-bond acceptors (Lipinski definition) is 3. The van der Waals surface area contributed by atoms with Crippen LogP contribution in [0.3, 0.4) is 0 Å². The van der Waals surface area contributed by atoms with Gasteiger partial charge in [0, 0.05) is 12.3 Å². The van der Waals surface area contributed by atoms with E-state index in [9.17, 15) is 9.59 Å². The molecule has 1 heterocycles. The number of rotatable bonds is 0. The fraction of sp³-hybridized carbons (Fsp3) is 0.867. The second-order valence-corrected chi connectivity index (χ2v) is 6.72. The maximum atomic E-state index is 12.4. The molecule has 1 aliphatic heterocycles. The summed E-state index contributed by atoms with van der Waals surface area (Å²) in [5.41, 5.74) is -0.416. The Morgan fingerprint density at radius 2 is 1.89 bits per heavy atom. The Hall–Kier alpha value is -0.860. The molecule has 3 fully saturated rings. The summed E-state index contributed by atoms with van der Waals surface area (Å²) in [5, 5.41) is 0. The van der Waals surface area contributed by atoms with E-state index < -0.39 is 5.41 Å². The Kier molecular flexibility index (Phi) is 2.58. The van der Waals surface area contributed by atoms with Crippen molar-refractivity contribution in [1.82, 2.24) is 0 Å². The zero-order chi connectivity index (χ0) is 13.1. The number of carbonyl (C=O) groups is 2. The number of esters is 1. The SMILES string of the molecule is C[C@H]1CC[C@@H]2[C@@H](C)C(=O)O[C@@H]2[C@]2(C)C(=O)CC[C@@H]12. The van der Waals surface area contributed by atoms with Gasteiger partial charge in [-0.05, 0) is 38.0 Å². The van der Waals surface area contributed by atoms with Crippen LogP contribution in [0.25, 0.3) is 0 Å². The molecule has 100 valence electrons. The maximum Gasteiger partial charge on any atom is 0.309 e. The first-order valence-corrected chi connectivity index (χ1v) is 7.20. The standard InChI is InChI=1S/C15H22O3/c1-8-4-5-10-9(2)14(17)18-13(10)15(3)11(8)6-7-12(15)16/h8-11,13H,4-7H2,1-3H3/t8-,9+,10+,11-,13-,15-/m0/s1. The normalized spacial score (nSPS) is 51.6. The topological polar surface area (TPSA) is 43.4 Å². The fourth-order valence-electron chi connectivity index (χ4n) is 4.69. The van der Waals surface area contributed by atoms with Crippen LogP contribution in [0.2, 0.25) is 0 Å². The highest BCUT2D eigenvalue weighted by Gasteiger charge is 2.61. The van der Waals surface area contributed by atoms with Crippen molar-refractivity contribution in [2.45, 2.75) is 52.6 Å². The van der Waals surface area contributed by atoms with Gasteiger partial charge in [0.25, 0.3) is 0 Å². The number of hydrogen-bond donors (Lipinski definition) is 0. The van der Waals surface area contributed by atoms with Gasteiger partial charge in [-0.25, -0.2) is 0 Å². The van der Waals surface area contributed by atoms with Gasteiger partial charge in [0.1, 0.15) is 11.9 Å². The summed E-state index contributed by atoms with van der Waals surface area (Å²) < 4.78 is 5.63. The average molecular weight is 250 g/mol. The van der Waals surface area contributed by atoms with Crippen molar-refractivity contribution in [3.63, 3.8) is 0 Å². The van der Waals surface area contributed by atoms with Crippen LogP contribution < -0.4 is 0 Å². The van der Waals surface area contributed by atoms with Gasteiger partial charge in [-0.2, -0.15) is 0 Å². The lowest BCUT2D eigenvalue weighted by molar-refractivity contribution is -0.153. The van der Waals surface area contributed by atoms with Gasteiger partial charge < -0.3 is 4.74 Å². The highest BCUT2D eigenvalue weighted by molar-refractivity contribution is 5.89. The van der Waals surface area contributed by atoms with Gasteiger partial charge in [-0.15, -0.1) is 0 Å². The Bertz CT molecular complexity index is 403. The molecule has 3 rings (SSSR count). The van der Waals surface area contributed by atoms with E-state index in [1.54, 1.807) is 0 Å². The molecule has 2 aliphatic carbocycles. The van der Waals surface area contributed by atoms with Crippen molar-refractivity contribution in [2.75, 3.05) is 0 Å². The van der Waals surface area contributed by atoms with E-state index in [1.807, 2.05) is 6.92 Å². The minimum atomic E-state index is -0.416. The molecule has 0 aromatic heterocycles. The van der Waals surface area contributed by atoms with Crippen molar-refractivity contribution in [2.24, 2.45) is 29.1 Å². The fourth-order valence-corrected chi connectivity index (χ4v) is 4.69. The van der Waals surface area contributed by atoms with Gasteiger partial charge >= 0.3 is 5.97 Å². The van der Waals surface area contributed by atoms with Crippen LogP contribution in [-0.4, -0.2) is 17.9 Å². The summed E-state index contributed by atoms with van der Waals surface area (Å²) in [6.45, 7) is 6.27. The van der Waals surface area contributed by atoms with Crippen molar-refractivity contribution in [3.8, 4) is 0 Å². The third-order valence-electron chi connectivity index (χ3n) is 5.93. The molecule has 18 heavy (non-hydrogen) atoms. The highest BCUT2D eigenvalue weighted by Crippen LogP contribution is 2.56. The van der Waals surface area contributed by atoms with E-state index in [0.29, 0.717) is 24.0 Å². The average Bonchev–Trinajstić information content (AvgIpc) is 2.75. The van der Waals surface area contributed by atoms with Crippen molar-refractivity contribution in [1.29, 1.82) is 0 Å². The summed E-state index contributed by atoms with van der Waals surface area (Å²) in [6.07, 6.45) is 3.63. The predicted octanol–water partition coefficient (Wildman–Crippen LogP) is 2.58. The molecular weight excluding hydrogens is 228 g/mol. The van der Waals surface area contributed by atoms with Crippen molar-refractivity contribution >= 4 is 11.8 Å². The Morgan fingerprint density at radius 1 is 1.17 bits per heavy atom. The summed E-state index contributed by atoms with van der Waals surface area (Å²) in [7, 11) is 0. The lowest BCUT2D eigenvalue weighted by Gasteiger charge is -2.37. The molecule has 3 nitrogen and oxygen atoms in total. The van der Waals surface area contributed by atoms with E-state index in [-0.39, 0.29) is 23.9 Å². The summed E-state index contributed by atoms with van der Waals surface area (Å²) >= 11 is 0. The smallest absolute Gasteiger partial charge is 0.309 e. The molecule has 6 atom stereocenters. The number of ketones is 1. The van der Waals surface area contributed by atoms with Gasteiger partial charge in [0.2, 0.25) is 0 Å². The van der Waals surface area contributed by atoms with Gasteiger partial charge in [0.05, 0.1) is 11.3 Å². The first-order chi connectivity index (χ1) is 8.46. The molecule has 1 saturated heterocycles. The van der Waals surface area contributed by atoms with Crippen LogP contribution in [0, 0.1) is 29.1 Å². The van der Waals surface area contributed by atoms with Crippen molar-refractivity contribution in [3.05, 3.63) is 0 Å². The largest absolute Gasteiger partial charge is 0.461 e. The molecule has 0 amide bonds. The summed E-state index contributed by atoms with van der Waals surface area (Å²) in [6, 6.07) is 0. The summed E-state index contributed by atoms with van der Waals surface area (Å²) in [5.74, 6) is 1.40. The molecule has 0 aromatic carbocycles. The molecule has 0 unspecified atom stereocenters. The zero-order valence-corrected chi connectivity index (χ0v) is 11.4. The first-order valence-electron chi connectivity index (χ1n) is 7.20. The summed E-state index contributed by atoms with van der Waals surface area (Å²) in [4.78, 5) is 24.2. The Labute approximate surface area is 108 Å². The quantitative estimate of drug-likeness (QED) is 0.621. The lowest BCUT2D eigenvalue weighted by atomic mass is 9.68. The highest BCUT2D eigenvalue weighted by atomic mass is 16.6. The minimum absolute atomic E-state index is 0.0359. The van der Waals surface area contributed by atoms with Crippen LogP contribution in [0.5, 0.6) is 0 Å². The van der Waals surface area contributed by atoms with Crippen LogP contribution >= 0.6 is 0 Å². The molecule has 0 radical (unpaired) electrons. The van der Waals surface area contributed by atoms with Gasteiger partial charge in [0.15, 0.2) is 0 Å². The first kappa shape index (κ1) is 12.2. The second kappa shape index (κ2) is 3.82. The zero-order valence-electron chi connectivity index (χ0n) is 11.4. The van der Waals surface area contributed by atoms with Crippen LogP contribution in [0.15, 0.2) is 0 Å². The monoisotopic (exact) mass is 250 g/mol. The molecule has 3 aliphatic rings. The maximum absolute atomic E-state index is 12.4. The molecule has 0 N–H and O–H groups in total. The van der Waals surface area contributed by atoms with E-state index in [4.69, 9.17) is 4.74 Å². The number of carbonyl (C=O) groups excluding carboxylic acids is 2. The number of ether oxygens (including phenoxy) is 1. The van der Waals surface area contributed by atoms with E-state index in [2.05, 4.69) is 13.8 Å². The predicted molar refractivity (Wildman–Crippen MR) is 66.8 cm³/mol. The second-order valence-electron chi connectivity index (χ2n) is 6.72. The van der Waals surface area contributed by atoms with Gasteiger partial charge in [-0.1, -0.05) is 13.8 Å². The molecule has 3 heteroatoms. The third-order valence-corrected chi connectivity index (χ3v) is 5.93. The number of Topliss-reactive ketones (excluding diaryl/α,β-unsaturated/α-hetero) is 1. The molecule has 2 saturated carbocycles. The van der Waals surface area contributed by atoms with E-state index >= 15 is 0 Å². The third kappa shape index (κ3) is 1.36. The van der Waals surface area contributed by atoms with Crippen LogP contribution in [0.1, 0.15) is 46.5 Å². The lowest BCUT2D eigenvalue weighted by Crippen LogP contribution is -2.44. The van der Waals surface area contributed by atoms with Gasteiger partial charge in [-0.3, -0.25) is 9.59 Å². The van der Waals surface area contributed by atoms with Crippen molar-refractivity contribution < 1.29 is 14.3 Å². The molecule has 0 bridgehead atoms. The molecular formula is C15H22O3. The minimum Gasteiger partial charge on any atom is -0.461 e. The van der Waals surface area contributed by atoms with Crippen LogP contribution in [0.4, 0.5) is 0 Å². The molecule has 0 aromatic rings. The van der Waals surface area contributed by atoms with E-state index in [1.165, 1.54) is 0 Å². The number of fused-ring (bicyclic) bond motifs is 3. The molecule has 0 spiro atoms. The Balaban J connectivity index is 2.04.